The van der Waals surface area contributed by atoms with Crippen molar-refractivity contribution in [3.63, 3.8) is 0 Å². The maximum atomic E-state index is 13.8. The van der Waals surface area contributed by atoms with Gasteiger partial charge >= 0.3 is 5.97 Å². The number of fused-ring (bicyclic) bond motifs is 1. The molecule has 2 heterocycles. The van der Waals surface area contributed by atoms with Crippen LogP contribution in [0.2, 0.25) is 0 Å². The highest BCUT2D eigenvalue weighted by Gasteiger charge is 2.22. The van der Waals surface area contributed by atoms with Crippen LogP contribution >= 0.6 is 0 Å². The Labute approximate surface area is 193 Å². The van der Waals surface area contributed by atoms with Crippen LogP contribution in [0.4, 0.5) is 14.5 Å². The zero-order chi connectivity index (χ0) is 24.4. The predicted molar refractivity (Wildman–Crippen MR) is 120 cm³/mol. The first-order valence-electron chi connectivity index (χ1n) is 10.1. The standard InChI is InChI=1S/C24H20F2N4O4/c1-13-4-5-15(24(32)34-3)10-18(13)29-23(31)17-12-27-30-20(21(25)26)11-19(28-22(17)30)14-6-8-16(33-2)9-7-14/h4-12,21H,1-3H3,(H,29,31). The summed E-state index contributed by atoms with van der Waals surface area (Å²) in [5.74, 6) is -0.563. The van der Waals surface area contributed by atoms with Gasteiger partial charge in [-0.25, -0.2) is 23.1 Å². The maximum absolute atomic E-state index is 13.8. The number of aryl methyl sites for hydroxylation is 1. The van der Waals surface area contributed by atoms with Crippen LogP contribution in [0.3, 0.4) is 0 Å². The summed E-state index contributed by atoms with van der Waals surface area (Å²) >= 11 is 0. The largest absolute Gasteiger partial charge is 0.497 e. The van der Waals surface area contributed by atoms with E-state index >= 15 is 0 Å². The lowest BCUT2D eigenvalue weighted by Crippen LogP contribution is -2.14. The number of hydrogen-bond donors (Lipinski definition) is 1. The quantitative estimate of drug-likeness (QED) is 0.415. The van der Waals surface area contributed by atoms with Gasteiger partial charge in [-0.1, -0.05) is 6.07 Å². The number of nitrogens with one attached hydrogen (secondary N) is 1. The molecule has 10 heteroatoms. The van der Waals surface area contributed by atoms with Crippen molar-refractivity contribution in [2.24, 2.45) is 0 Å². The van der Waals surface area contributed by atoms with Crippen molar-refractivity contribution in [3.05, 3.63) is 77.1 Å². The van der Waals surface area contributed by atoms with E-state index in [4.69, 9.17) is 9.47 Å². The number of nitrogens with zero attached hydrogens (tertiary/aromatic N) is 3. The van der Waals surface area contributed by atoms with Gasteiger partial charge in [-0.15, -0.1) is 0 Å². The van der Waals surface area contributed by atoms with Crippen molar-refractivity contribution in [2.75, 3.05) is 19.5 Å². The number of amides is 1. The topological polar surface area (TPSA) is 94.8 Å². The van der Waals surface area contributed by atoms with E-state index in [9.17, 15) is 18.4 Å². The van der Waals surface area contributed by atoms with Gasteiger partial charge in [-0.3, -0.25) is 4.79 Å². The number of aromatic nitrogens is 3. The van der Waals surface area contributed by atoms with E-state index in [2.05, 4.69) is 15.4 Å². The fraction of sp³-hybridized carbons (Fsp3) is 0.167. The Morgan fingerprint density at radius 1 is 1.06 bits per heavy atom. The third kappa shape index (κ3) is 4.29. The van der Waals surface area contributed by atoms with Gasteiger partial charge in [0.2, 0.25) is 0 Å². The van der Waals surface area contributed by atoms with Crippen LogP contribution in [0.5, 0.6) is 5.75 Å². The monoisotopic (exact) mass is 466 g/mol. The molecule has 0 spiro atoms. The summed E-state index contributed by atoms with van der Waals surface area (Å²) in [5.41, 5.74) is 1.71. The Balaban J connectivity index is 1.76. The molecule has 2 aromatic carbocycles. The molecule has 0 saturated heterocycles. The van der Waals surface area contributed by atoms with Crippen molar-refractivity contribution in [1.29, 1.82) is 0 Å². The number of halogens is 2. The Hall–Kier alpha value is -4.34. The number of carbonyl (C=O) groups excluding carboxylic acids is 2. The van der Waals surface area contributed by atoms with Crippen LogP contribution in [0.25, 0.3) is 16.9 Å². The van der Waals surface area contributed by atoms with Crippen LogP contribution in [0, 0.1) is 6.92 Å². The number of rotatable bonds is 6. The predicted octanol–water partition coefficient (Wildman–Crippen LogP) is 4.69. The molecule has 0 atom stereocenters. The van der Waals surface area contributed by atoms with Gasteiger partial charge in [0, 0.05) is 11.3 Å². The summed E-state index contributed by atoms with van der Waals surface area (Å²) in [6.07, 6.45) is -1.67. The van der Waals surface area contributed by atoms with Crippen LogP contribution in [-0.2, 0) is 4.74 Å². The summed E-state index contributed by atoms with van der Waals surface area (Å²) in [7, 11) is 2.78. The van der Waals surface area contributed by atoms with Gasteiger partial charge < -0.3 is 14.8 Å². The highest BCUT2D eigenvalue weighted by atomic mass is 19.3. The van der Waals surface area contributed by atoms with E-state index in [-0.39, 0.29) is 22.5 Å². The summed E-state index contributed by atoms with van der Waals surface area (Å²) in [6, 6.07) is 12.7. The van der Waals surface area contributed by atoms with E-state index in [1.54, 1.807) is 43.3 Å². The van der Waals surface area contributed by atoms with Crippen LogP contribution in [0.15, 0.2) is 54.7 Å². The van der Waals surface area contributed by atoms with Crippen molar-refractivity contribution in [2.45, 2.75) is 13.3 Å². The van der Waals surface area contributed by atoms with E-state index in [0.29, 0.717) is 22.6 Å². The third-order valence-corrected chi connectivity index (χ3v) is 5.26. The molecule has 0 fully saturated rings. The second-order valence-electron chi connectivity index (χ2n) is 7.36. The Kier molecular flexibility index (Phi) is 6.22. The number of ether oxygens (including phenoxy) is 2. The zero-order valence-electron chi connectivity index (χ0n) is 18.5. The minimum Gasteiger partial charge on any atom is -0.497 e. The lowest BCUT2D eigenvalue weighted by atomic mass is 10.1. The van der Waals surface area contributed by atoms with Gasteiger partial charge in [0.15, 0.2) is 5.65 Å². The highest BCUT2D eigenvalue weighted by Crippen LogP contribution is 2.28. The Morgan fingerprint density at radius 2 is 1.79 bits per heavy atom. The molecule has 0 aliphatic heterocycles. The summed E-state index contributed by atoms with van der Waals surface area (Å²) in [4.78, 5) is 29.4. The molecule has 1 N–H and O–H groups in total. The zero-order valence-corrected chi connectivity index (χ0v) is 18.5. The van der Waals surface area contributed by atoms with Crippen LogP contribution < -0.4 is 10.1 Å². The molecule has 4 rings (SSSR count). The average molecular weight is 466 g/mol. The molecule has 8 nitrogen and oxygen atoms in total. The van der Waals surface area contributed by atoms with Crippen molar-refractivity contribution in [3.8, 4) is 17.0 Å². The molecule has 0 saturated carbocycles. The molecule has 174 valence electrons. The number of carbonyl (C=O) groups is 2. The smallest absolute Gasteiger partial charge is 0.337 e. The van der Waals surface area contributed by atoms with E-state index in [1.165, 1.54) is 32.5 Å². The molecule has 1 amide bonds. The first kappa shape index (κ1) is 22.8. The molecule has 4 aromatic rings. The average Bonchev–Trinajstić information content (AvgIpc) is 3.28. The Bertz CT molecular complexity index is 1380. The number of anilines is 1. The van der Waals surface area contributed by atoms with Crippen LogP contribution in [-0.4, -0.2) is 40.7 Å². The normalized spacial score (nSPS) is 11.0. The van der Waals surface area contributed by atoms with Gasteiger partial charge in [-0.2, -0.15) is 5.10 Å². The molecule has 2 aromatic heterocycles. The number of alkyl halides is 2. The van der Waals surface area contributed by atoms with Crippen molar-refractivity contribution >= 4 is 23.2 Å². The SMILES string of the molecule is COC(=O)c1ccc(C)c(NC(=O)c2cnn3c(C(F)F)cc(-c4ccc(OC)cc4)nc23)c1. The molecule has 0 aliphatic carbocycles. The van der Waals surface area contributed by atoms with E-state index in [0.717, 1.165) is 4.52 Å². The molecule has 0 bridgehead atoms. The van der Waals surface area contributed by atoms with Crippen molar-refractivity contribution in [1.82, 2.24) is 14.6 Å². The number of benzene rings is 2. The summed E-state index contributed by atoms with van der Waals surface area (Å²) in [6.45, 7) is 1.75. The minimum absolute atomic E-state index is 0.000123. The minimum atomic E-state index is -2.85. The highest BCUT2D eigenvalue weighted by molar-refractivity contribution is 6.09. The molecular formula is C24H20F2N4O4. The third-order valence-electron chi connectivity index (χ3n) is 5.26. The van der Waals surface area contributed by atoms with Gasteiger partial charge in [0.25, 0.3) is 12.3 Å². The fourth-order valence-electron chi connectivity index (χ4n) is 3.40. The lowest BCUT2D eigenvalue weighted by Gasteiger charge is -2.11. The summed E-state index contributed by atoms with van der Waals surface area (Å²) in [5, 5.41) is 6.67. The molecule has 0 unspecified atom stereocenters. The fourth-order valence-corrected chi connectivity index (χ4v) is 3.40. The second kappa shape index (κ2) is 9.26. The molecule has 0 radical (unpaired) electrons. The molecule has 34 heavy (non-hydrogen) atoms. The van der Waals surface area contributed by atoms with Gasteiger partial charge in [0.05, 0.1) is 31.7 Å². The first-order chi connectivity index (χ1) is 16.3. The molecular weight excluding hydrogens is 446 g/mol. The second-order valence-corrected chi connectivity index (χ2v) is 7.36. The van der Waals surface area contributed by atoms with Gasteiger partial charge in [0.1, 0.15) is 17.0 Å². The first-order valence-corrected chi connectivity index (χ1v) is 10.1. The van der Waals surface area contributed by atoms with Crippen molar-refractivity contribution < 1.29 is 27.8 Å². The van der Waals surface area contributed by atoms with Crippen LogP contribution in [0.1, 0.15) is 38.4 Å². The lowest BCUT2D eigenvalue weighted by molar-refractivity contribution is 0.0600. The van der Waals surface area contributed by atoms with E-state index < -0.39 is 24.0 Å². The molecule has 0 aliphatic rings. The van der Waals surface area contributed by atoms with E-state index in [1.807, 2.05) is 0 Å². The summed E-state index contributed by atoms with van der Waals surface area (Å²) < 4.78 is 38.4. The number of hydrogen-bond acceptors (Lipinski definition) is 6. The number of esters is 1. The number of methoxy groups -OCH3 is 2. The Morgan fingerprint density at radius 3 is 2.44 bits per heavy atom. The van der Waals surface area contributed by atoms with Gasteiger partial charge in [-0.05, 0) is 55.0 Å². The maximum Gasteiger partial charge on any atom is 0.337 e.